The minimum atomic E-state index is 0.682. The van der Waals surface area contributed by atoms with E-state index in [0.717, 1.165) is 24.4 Å². The second-order valence-corrected chi connectivity index (χ2v) is 3.58. The molecule has 0 amide bonds. The maximum atomic E-state index is 5.65. The molecule has 0 spiro atoms. The third kappa shape index (κ3) is 3.02. The first-order valence-corrected chi connectivity index (χ1v) is 5.29. The highest BCUT2D eigenvalue weighted by Crippen LogP contribution is 2.14. The zero-order valence-corrected chi connectivity index (χ0v) is 9.04. The van der Waals surface area contributed by atoms with E-state index in [9.17, 15) is 0 Å². The standard InChI is InChI=1S/C12H15N3O/c13-11-3-1-4-12(9-11)16-8-2-6-15-7-5-14-10-15/h1,3-5,7,9-10H,2,6,8,13H2. The van der Waals surface area contributed by atoms with E-state index in [1.807, 2.05) is 35.0 Å². The number of aryl methyl sites for hydroxylation is 1. The number of nitrogen functional groups attached to an aromatic ring is 1. The van der Waals surface area contributed by atoms with Gasteiger partial charge < -0.3 is 15.0 Å². The summed E-state index contributed by atoms with van der Waals surface area (Å²) in [6.45, 7) is 1.60. The molecule has 2 rings (SSSR count). The number of ether oxygens (including phenoxy) is 1. The van der Waals surface area contributed by atoms with Gasteiger partial charge in [0.1, 0.15) is 5.75 Å². The molecule has 0 saturated carbocycles. The number of imidazole rings is 1. The van der Waals surface area contributed by atoms with Crippen molar-refractivity contribution in [3.05, 3.63) is 43.0 Å². The van der Waals surface area contributed by atoms with Crippen LogP contribution in [0.1, 0.15) is 6.42 Å². The summed E-state index contributed by atoms with van der Waals surface area (Å²) in [5, 5.41) is 0. The third-order valence-corrected chi connectivity index (χ3v) is 2.25. The first-order chi connectivity index (χ1) is 7.84. The summed E-state index contributed by atoms with van der Waals surface area (Å²) in [7, 11) is 0. The van der Waals surface area contributed by atoms with Crippen molar-refractivity contribution in [1.29, 1.82) is 0 Å². The van der Waals surface area contributed by atoms with Gasteiger partial charge in [0, 0.05) is 30.7 Å². The Morgan fingerprint density at radius 1 is 1.38 bits per heavy atom. The molecule has 2 N–H and O–H groups in total. The highest BCUT2D eigenvalue weighted by molar-refractivity contribution is 5.43. The van der Waals surface area contributed by atoms with Crippen LogP contribution in [0.3, 0.4) is 0 Å². The number of nitrogens with two attached hydrogens (primary N) is 1. The van der Waals surface area contributed by atoms with Crippen LogP contribution in [-0.2, 0) is 6.54 Å². The lowest BCUT2D eigenvalue weighted by molar-refractivity contribution is 0.302. The molecule has 1 aromatic carbocycles. The number of hydrogen-bond acceptors (Lipinski definition) is 3. The first kappa shape index (κ1) is 10.5. The fraction of sp³-hybridized carbons (Fsp3) is 0.250. The lowest BCUT2D eigenvalue weighted by atomic mass is 10.3. The third-order valence-electron chi connectivity index (χ3n) is 2.25. The minimum absolute atomic E-state index is 0.682. The van der Waals surface area contributed by atoms with Crippen molar-refractivity contribution in [1.82, 2.24) is 9.55 Å². The van der Waals surface area contributed by atoms with Gasteiger partial charge in [-0.3, -0.25) is 0 Å². The topological polar surface area (TPSA) is 53.1 Å². The monoisotopic (exact) mass is 217 g/mol. The van der Waals surface area contributed by atoms with Gasteiger partial charge in [0.05, 0.1) is 12.9 Å². The molecule has 0 aliphatic carbocycles. The Morgan fingerprint density at radius 3 is 3.06 bits per heavy atom. The molecular formula is C12H15N3O. The summed E-state index contributed by atoms with van der Waals surface area (Å²) in [4.78, 5) is 3.98. The Morgan fingerprint density at radius 2 is 2.31 bits per heavy atom. The van der Waals surface area contributed by atoms with Crippen molar-refractivity contribution in [2.45, 2.75) is 13.0 Å². The molecule has 0 bridgehead atoms. The summed E-state index contributed by atoms with van der Waals surface area (Å²) >= 11 is 0. The number of anilines is 1. The maximum Gasteiger partial charge on any atom is 0.121 e. The molecule has 0 saturated heterocycles. The Balaban J connectivity index is 1.72. The summed E-state index contributed by atoms with van der Waals surface area (Å²) in [6.07, 6.45) is 6.48. The Hall–Kier alpha value is -1.97. The van der Waals surface area contributed by atoms with Crippen LogP contribution in [0.15, 0.2) is 43.0 Å². The summed E-state index contributed by atoms with van der Waals surface area (Å²) in [6, 6.07) is 7.48. The van der Waals surface area contributed by atoms with Crippen molar-refractivity contribution >= 4 is 5.69 Å². The van der Waals surface area contributed by atoms with Gasteiger partial charge in [0.2, 0.25) is 0 Å². The molecule has 0 aliphatic heterocycles. The zero-order valence-electron chi connectivity index (χ0n) is 9.04. The van der Waals surface area contributed by atoms with E-state index in [0.29, 0.717) is 6.61 Å². The SMILES string of the molecule is Nc1cccc(OCCCn2ccnc2)c1. The molecule has 16 heavy (non-hydrogen) atoms. The molecule has 2 aromatic rings. The number of nitrogens with zero attached hydrogens (tertiary/aromatic N) is 2. The molecule has 0 radical (unpaired) electrons. The van der Waals surface area contributed by atoms with Gasteiger partial charge in [0.25, 0.3) is 0 Å². The molecule has 0 fully saturated rings. The largest absolute Gasteiger partial charge is 0.493 e. The number of hydrogen-bond donors (Lipinski definition) is 1. The smallest absolute Gasteiger partial charge is 0.121 e. The van der Waals surface area contributed by atoms with E-state index in [4.69, 9.17) is 10.5 Å². The number of aromatic nitrogens is 2. The van der Waals surface area contributed by atoms with Crippen LogP contribution in [0.25, 0.3) is 0 Å². The van der Waals surface area contributed by atoms with Crippen molar-refractivity contribution in [3.8, 4) is 5.75 Å². The summed E-state index contributed by atoms with van der Waals surface area (Å²) in [5.41, 5.74) is 6.38. The molecule has 84 valence electrons. The van der Waals surface area contributed by atoms with Gasteiger partial charge in [-0.2, -0.15) is 0 Å². The number of rotatable bonds is 5. The summed E-state index contributed by atoms with van der Waals surface area (Å²) in [5.74, 6) is 0.825. The molecule has 0 aliphatic rings. The normalized spacial score (nSPS) is 10.2. The van der Waals surface area contributed by atoms with Crippen LogP contribution in [0.5, 0.6) is 5.75 Å². The molecule has 4 heteroatoms. The van der Waals surface area contributed by atoms with Crippen molar-refractivity contribution in [2.24, 2.45) is 0 Å². The molecule has 1 heterocycles. The van der Waals surface area contributed by atoms with Crippen LogP contribution in [-0.4, -0.2) is 16.2 Å². The Labute approximate surface area is 94.7 Å². The van der Waals surface area contributed by atoms with E-state index < -0.39 is 0 Å². The Bertz CT molecular complexity index is 426. The molecule has 4 nitrogen and oxygen atoms in total. The van der Waals surface area contributed by atoms with Gasteiger partial charge in [-0.05, 0) is 18.6 Å². The molecule has 0 atom stereocenters. The second-order valence-electron chi connectivity index (χ2n) is 3.58. The predicted molar refractivity (Wildman–Crippen MR) is 63.2 cm³/mol. The minimum Gasteiger partial charge on any atom is -0.493 e. The second kappa shape index (κ2) is 5.21. The van der Waals surface area contributed by atoms with E-state index in [-0.39, 0.29) is 0 Å². The van der Waals surface area contributed by atoms with E-state index in [1.54, 1.807) is 12.5 Å². The van der Waals surface area contributed by atoms with Crippen molar-refractivity contribution in [2.75, 3.05) is 12.3 Å². The first-order valence-electron chi connectivity index (χ1n) is 5.29. The maximum absolute atomic E-state index is 5.65. The van der Waals surface area contributed by atoms with Gasteiger partial charge >= 0.3 is 0 Å². The van der Waals surface area contributed by atoms with Crippen molar-refractivity contribution < 1.29 is 4.74 Å². The predicted octanol–water partition coefficient (Wildman–Crippen LogP) is 1.93. The lowest BCUT2D eigenvalue weighted by Crippen LogP contribution is -2.03. The highest BCUT2D eigenvalue weighted by atomic mass is 16.5. The fourth-order valence-electron chi connectivity index (χ4n) is 1.46. The van der Waals surface area contributed by atoms with Crippen LogP contribution in [0.2, 0.25) is 0 Å². The van der Waals surface area contributed by atoms with E-state index in [1.165, 1.54) is 0 Å². The Kier molecular flexibility index (Phi) is 3.43. The van der Waals surface area contributed by atoms with Gasteiger partial charge in [-0.15, -0.1) is 0 Å². The van der Waals surface area contributed by atoms with Crippen LogP contribution >= 0.6 is 0 Å². The summed E-state index contributed by atoms with van der Waals surface area (Å²) < 4.78 is 7.60. The van der Waals surface area contributed by atoms with Gasteiger partial charge in [-0.25, -0.2) is 4.98 Å². The van der Waals surface area contributed by atoms with Gasteiger partial charge in [0.15, 0.2) is 0 Å². The lowest BCUT2D eigenvalue weighted by Gasteiger charge is -2.06. The van der Waals surface area contributed by atoms with Gasteiger partial charge in [-0.1, -0.05) is 6.07 Å². The van der Waals surface area contributed by atoms with Crippen LogP contribution in [0.4, 0.5) is 5.69 Å². The quantitative estimate of drug-likeness (QED) is 0.615. The van der Waals surface area contributed by atoms with E-state index >= 15 is 0 Å². The zero-order chi connectivity index (χ0) is 11.2. The van der Waals surface area contributed by atoms with E-state index in [2.05, 4.69) is 4.98 Å². The molecular weight excluding hydrogens is 202 g/mol. The fourth-order valence-corrected chi connectivity index (χ4v) is 1.46. The average Bonchev–Trinajstić information content (AvgIpc) is 2.77. The van der Waals surface area contributed by atoms with Crippen LogP contribution in [0, 0.1) is 0 Å². The number of benzene rings is 1. The van der Waals surface area contributed by atoms with Crippen LogP contribution < -0.4 is 10.5 Å². The van der Waals surface area contributed by atoms with Crippen molar-refractivity contribution in [3.63, 3.8) is 0 Å². The molecule has 1 aromatic heterocycles. The average molecular weight is 217 g/mol. The highest BCUT2D eigenvalue weighted by Gasteiger charge is 1.95. The molecule has 0 unspecified atom stereocenters.